The molecule has 3 aromatic carbocycles. The molecule has 0 aliphatic heterocycles. The minimum absolute atomic E-state index is 0.0618. The van der Waals surface area contributed by atoms with Gasteiger partial charge in [0.05, 0.1) is 10.6 Å². The molecular formula is C30H36BrN3O4S. The fourth-order valence-electron chi connectivity index (χ4n) is 4.01. The number of amides is 2. The van der Waals surface area contributed by atoms with Crippen molar-refractivity contribution in [3.63, 3.8) is 0 Å². The number of aryl methyl sites for hydroxylation is 2. The highest BCUT2D eigenvalue weighted by atomic mass is 79.9. The highest BCUT2D eigenvalue weighted by molar-refractivity contribution is 9.10. The number of nitrogens with zero attached hydrogens (tertiary/aromatic N) is 2. The smallest absolute Gasteiger partial charge is 0.264 e. The van der Waals surface area contributed by atoms with Gasteiger partial charge in [-0.2, -0.15) is 0 Å². The molecule has 0 saturated carbocycles. The Morgan fingerprint density at radius 1 is 0.923 bits per heavy atom. The molecule has 39 heavy (non-hydrogen) atoms. The molecule has 3 rings (SSSR count). The van der Waals surface area contributed by atoms with E-state index >= 15 is 0 Å². The molecule has 9 heteroatoms. The predicted octanol–water partition coefficient (Wildman–Crippen LogP) is 5.59. The van der Waals surface area contributed by atoms with Crippen LogP contribution >= 0.6 is 15.9 Å². The fourth-order valence-corrected chi connectivity index (χ4v) is 5.88. The van der Waals surface area contributed by atoms with Crippen molar-refractivity contribution in [3.05, 3.63) is 94.0 Å². The van der Waals surface area contributed by atoms with Gasteiger partial charge < -0.3 is 10.2 Å². The van der Waals surface area contributed by atoms with E-state index in [0.29, 0.717) is 5.69 Å². The number of hydrogen-bond donors (Lipinski definition) is 1. The van der Waals surface area contributed by atoms with Crippen molar-refractivity contribution in [1.82, 2.24) is 10.2 Å². The predicted molar refractivity (Wildman–Crippen MR) is 159 cm³/mol. The van der Waals surface area contributed by atoms with E-state index in [0.717, 1.165) is 31.9 Å². The van der Waals surface area contributed by atoms with Crippen molar-refractivity contribution in [1.29, 1.82) is 0 Å². The molecule has 0 aliphatic carbocycles. The molecule has 0 bridgehead atoms. The SMILES string of the molecule is CC[C@H](C)NC(=O)[C@H](C)N(Cc1cccc(Br)c1)C(=O)CN(c1ccc(C)c(C)c1)S(=O)(=O)c1ccccc1. The number of benzene rings is 3. The van der Waals surface area contributed by atoms with Gasteiger partial charge in [0.25, 0.3) is 10.0 Å². The normalized spacial score (nSPS) is 12.9. The van der Waals surface area contributed by atoms with Crippen LogP contribution < -0.4 is 9.62 Å². The van der Waals surface area contributed by atoms with Crippen LogP contribution in [0.4, 0.5) is 5.69 Å². The summed E-state index contributed by atoms with van der Waals surface area (Å²) in [5.41, 5.74) is 3.10. The maximum absolute atomic E-state index is 14.0. The molecule has 1 N–H and O–H groups in total. The van der Waals surface area contributed by atoms with Crippen LogP contribution in [0, 0.1) is 13.8 Å². The van der Waals surface area contributed by atoms with Crippen LogP contribution in [0.2, 0.25) is 0 Å². The summed E-state index contributed by atoms with van der Waals surface area (Å²) < 4.78 is 29.7. The van der Waals surface area contributed by atoms with E-state index in [4.69, 9.17) is 0 Å². The molecule has 2 atom stereocenters. The molecule has 0 fully saturated rings. The lowest BCUT2D eigenvalue weighted by Crippen LogP contribution is -2.52. The third-order valence-electron chi connectivity index (χ3n) is 6.80. The van der Waals surface area contributed by atoms with Crippen LogP contribution in [-0.4, -0.2) is 43.8 Å². The lowest BCUT2D eigenvalue weighted by atomic mass is 10.1. The molecule has 0 radical (unpaired) electrons. The number of hydrogen-bond acceptors (Lipinski definition) is 4. The van der Waals surface area contributed by atoms with Crippen molar-refractivity contribution in [3.8, 4) is 0 Å². The molecule has 0 aliphatic rings. The molecule has 3 aromatic rings. The topological polar surface area (TPSA) is 86.8 Å². The van der Waals surface area contributed by atoms with Crippen molar-refractivity contribution in [2.45, 2.75) is 64.6 Å². The van der Waals surface area contributed by atoms with Gasteiger partial charge in [0.2, 0.25) is 11.8 Å². The Bertz CT molecular complexity index is 1410. The lowest BCUT2D eigenvalue weighted by Gasteiger charge is -2.32. The summed E-state index contributed by atoms with van der Waals surface area (Å²) in [6, 6.07) is 19.9. The summed E-state index contributed by atoms with van der Waals surface area (Å²) in [6.07, 6.45) is 0.744. The highest BCUT2D eigenvalue weighted by Crippen LogP contribution is 2.26. The second-order valence-electron chi connectivity index (χ2n) is 9.74. The van der Waals surface area contributed by atoms with E-state index in [1.807, 2.05) is 58.0 Å². The van der Waals surface area contributed by atoms with Gasteiger partial charge in [-0.25, -0.2) is 8.42 Å². The molecule has 208 valence electrons. The third kappa shape index (κ3) is 7.70. The van der Waals surface area contributed by atoms with E-state index in [1.165, 1.54) is 17.0 Å². The Kier molecular flexibility index (Phi) is 10.3. The second-order valence-corrected chi connectivity index (χ2v) is 12.5. The van der Waals surface area contributed by atoms with Crippen molar-refractivity contribution >= 4 is 43.5 Å². The fraction of sp³-hybridized carbons (Fsp3) is 0.333. The largest absolute Gasteiger partial charge is 0.352 e. The summed E-state index contributed by atoms with van der Waals surface area (Å²) in [4.78, 5) is 28.6. The second kappa shape index (κ2) is 13.3. The third-order valence-corrected chi connectivity index (χ3v) is 9.08. The van der Waals surface area contributed by atoms with E-state index < -0.39 is 28.5 Å². The van der Waals surface area contributed by atoms with Crippen molar-refractivity contribution in [2.75, 3.05) is 10.8 Å². The monoisotopic (exact) mass is 613 g/mol. The van der Waals surface area contributed by atoms with Gasteiger partial charge in [-0.3, -0.25) is 13.9 Å². The van der Waals surface area contributed by atoms with Crippen molar-refractivity contribution < 1.29 is 18.0 Å². The van der Waals surface area contributed by atoms with E-state index in [-0.39, 0.29) is 23.4 Å². The molecule has 0 spiro atoms. The van der Waals surface area contributed by atoms with Crippen LogP contribution in [0.1, 0.15) is 43.9 Å². The van der Waals surface area contributed by atoms with E-state index in [9.17, 15) is 18.0 Å². The summed E-state index contributed by atoms with van der Waals surface area (Å²) >= 11 is 3.46. The van der Waals surface area contributed by atoms with Gasteiger partial charge in [0, 0.05) is 17.1 Å². The molecule has 0 heterocycles. The number of carbonyl (C=O) groups is 2. The summed E-state index contributed by atoms with van der Waals surface area (Å²) in [5, 5.41) is 2.94. The minimum Gasteiger partial charge on any atom is -0.352 e. The Labute approximate surface area is 240 Å². The maximum atomic E-state index is 14.0. The molecule has 0 saturated heterocycles. The number of anilines is 1. The van der Waals surface area contributed by atoms with Gasteiger partial charge >= 0.3 is 0 Å². The molecule has 7 nitrogen and oxygen atoms in total. The zero-order valence-corrected chi connectivity index (χ0v) is 25.4. The van der Waals surface area contributed by atoms with Gasteiger partial charge in [0.15, 0.2) is 0 Å². The first-order chi connectivity index (χ1) is 18.4. The number of sulfonamides is 1. The van der Waals surface area contributed by atoms with Crippen LogP contribution in [0.15, 0.2) is 82.2 Å². The van der Waals surface area contributed by atoms with Crippen LogP contribution in [0.3, 0.4) is 0 Å². The minimum atomic E-state index is -4.08. The van der Waals surface area contributed by atoms with Gasteiger partial charge in [-0.15, -0.1) is 0 Å². The van der Waals surface area contributed by atoms with E-state index in [1.54, 1.807) is 37.3 Å². The first-order valence-electron chi connectivity index (χ1n) is 12.9. The van der Waals surface area contributed by atoms with Gasteiger partial charge in [-0.05, 0) is 87.2 Å². The standard InChI is InChI=1S/C30H36BrN3O4S/c1-6-23(4)32-30(36)24(5)33(19-25-11-10-12-26(31)18-25)29(35)20-34(27-16-15-21(2)22(3)17-27)39(37,38)28-13-8-7-9-14-28/h7-18,23-24H,6,19-20H2,1-5H3,(H,32,36)/t23-,24-/m0/s1. The number of carbonyl (C=O) groups excluding carboxylic acids is 2. The Hall–Kier alpha value is -3.17. The van der Waals surface area contributed by atoms with Crippen LogP contribution in [0.5, 0.6) is 0 Å². The molecule has 2 amide bonds. The molecule has 0 aromatic heterocycles. The highest BCUT2D eigenvalue weighted by Gasteiger charge is 2.32. The maximum Gasteiger partial charge on any atom is 0.264 e. The average Bonchev–Trinajstić information content (AvgIpc) is 2.91. The average molecular weight is 615 g/mol. The Morgan fingerprint density at radius 3 is 2.23 bits per heavy atom. The lowest BCUT2D eigenvalue weighted by molar-refractivity contribution is -0.139. The summed E-state index contributed by atoms with van der Waals surface area (Å²) in [6.45, 7) is 9.05. The van der Waals surface area contributed by atoms with Crippen LogP contribution in [0.25, 0.3) is 0 Å². The Balaban J connectivity index is 2.04. The molecule has 0 unspecified atom stereocenters. The summed E-state index contributed by atoms with van der Waals surface area (Å²) in [7, 11) is -4.08. The zero-order chi connectivity index (χ0) is 28.7. The first-order valence-corrected chi connectivity index (χ1v) is 15.2. The number of halogens is 1. The quantitative estimate of drug-likeness (QED) is 0.305. The Morgan fingerprint density at radius 2 is 1.62 bits per heavy atom. The number of nitrogens with one attached hydrogen (secondary N) is 1. The first kappa shape index (κ1) is 30.4. The van der Waals surface area contributed by atoms with Crippen molar-refractivity contribution in [2.24, 2.45) is 0 Å². The van der Waals surface area contributed by atoms with Crippen LogP contribution in [-0.2, 0) is 26.2 Å². The van der Waals surface area contributed by atoms with E-state index in [2.05, 4.69) is 21.2 Å². The number of rotatable bonds is 11. The summed E-state index contributed by atoms with van der Waals surface area (Å²) in [5.74, 6) is -0.782. The molecular weight excluding hydrogens is 578 g/mol. The van der Waals surface area contributed by atoms with Gasteiger partial charge in [-0.1, -0.05) is 59.3 Å². The van der Waals surface area contributed by atoms with Gasteiger partial charge in [0.1, 0.15) is 12.6 Å². The zero-order valence-electron chi connectivity index (χ0n) is 23.0.